The number of hydrogen-bond acceptors (Lipinski definition) is 4. The number of halogens is 1. The molecule has 1 aromatic carbocycles. The van der Waals surface area contributed by atoms with Crippen molar-refractivity contribution in [1.29, 1.82) is 0 Å². The van der Waals surface area contributed by atoms with E-state index >= 15 is 0 Å². The van der Waals surface area contributed by atoms with Crippen LogP contribution in [0, 0.1) is 5.41 Å². The molecule has 0 unspecified atom stereocenters. The Morgan fingerprint density at radius 2 is 1.69 bits per heavy atom. The fourth-order valence-electron chi connectivity index (χ4n) is 5.13. The Balaban J connectivity index is 1.86. The molecule has 2 saturated heterocycles. The SMILES string of the molecule is CC(C)(C)N=C1[C@H](N2CCOCC2)C2(CCCCC2)C(=O)N1c1ccc(Cl)cc1. The Morgan fingerprint density at radius 1 is 1.07 bits per heavy atom. The molecule has 1 aromatic rings. The van der Waals surface area contributed by atoms with Gasteiger partial charge >= 0.3 is 0 Å². The summed E-state index contributed by atoms with van der Waals surface area (Å²) in [4.78, 5) is 23.6. The zero-order chi connectivity index (χ0) is 20.6. The van der Waals surface area contributed by atoms with Gasteiger partial charge in [-0.3, -0.25) is 19.6 Å². The van der Waals surface area contributed by atoms with Crippen LogP contribution < -0.4 is 4.90 Å². The first-order chi connectivity index (χ1) is 13.8. The normalized spacial score (nSPS) is 27.2. The molecule has 0 radical (unpaired) electrons. The molecule has 29 heavy (non-hydrogen) atoms. The molecule has 1 spiro atoms. The van der Waals surface area contributed by atoms with Gasteiger partial charge in [0.05, 0.1) is 35.9 Å². The molecular formula is C23H32ClN3O2. The largest absolute Gasteiger partial charge is 0.379 e. The van der Waals surface area contributed by atoms with Gasteiger partial charge in [0.15, 0.2) is 0 Å². The Hall–Kier alpha value is -1.43. The minimum absolute atomic E-state index is 0.00843. The van der Waals surface area contributed by atoms with E-state index in [2.05, 4.69) is 25.7 Å². The summed E-state index contributed by atoms with van der Waals surface area (Å²) in [5, 5.41) is 0.673. The van der Waals surface area contributed by atoms with Gasteiger partial charge < -0.3 is 4.74 Å². The number of nitrogens with zero attached hydrogens (tertiary/aromatic N) is 3. The third kappa shape index (κ3) is 3.97. The second-order valence-electron chi connectivity index (χ2n) is 9.53. The van der Waals surface area contributed by atoms with Crippen molar-refractivity contribution in [2.75, 3.05) is 31.2 Å². The molecule has 0 N–H and O–H groups in total. The van der Waals surface area contributed by atoms with Crippen LogP contribution in [0.25, 0.3) is 0 Å². The summed E-state index contributed by atoms with van der Waals surface area (Å²) in [5.41, 5.74) is 0.202. The first-order valence-electron chi connectivity index (χ1n) is 10.8. The highest BCUT2D eigenvalue weighted by molar-refractivity contribution is 6.31. The van der Waals surface area contributed by atoms with E-state index in [0.29, 0.717) is 18.2 Å². The number of morpholine rings is 1. The van der Waals surface area contributed by atoms with Gasteiger partial charge in [0.1, 0.15) is 5.84 Å². The van der Waals surface area contributed by atoms with Crippen LogP contribution in [0.1, 0.15) is 52.9 Å². The molecule has 1 aliphatic carbocycles. The summed E-state index contributed by atoms with van der Waals surface area (Å²) in [6.07, 6.45) is 5.27. The number of carbonyl (C=O) groups is 1. The quantitative estimate of drug-likeness (QED) is 0.709. The van der Waals surface area contributed by atoms with E-state index in [1.165, 1.54) is 6.42 Å². The van der Waals surface area contributed by atoms with E-state index in [-0.39, 0.29) is 22.9 Å². The van der Waals surface area contributed by atoms with Crippen molar-refractivity contribution in [3.8, 4) is 0 Å². The molecular weight excluding hydrogens is 386 g/mol. The predicted molar refractivity (Wildman–Crippen MR) is 118 cm³/mol. The molecule has 0 bridgehead atoms. The number of rotatable bonds is 2. The van der Waals surface area contributed by atoms with Crippen molar-refractivity contribution < 1.29 is 9.53 Å². The predicted octanol–water partition coefficient (Wildman–Crippen LogP) is 4.53. The van der Waals surface area contributed by atoms with Gasteiger partial charge in [0.25, 0.3) is 0 Å². The highest BCUT2D eigenvalue weighted by atomic mass is 35.5. The molecule has 1 atom stereocenters. The van der Waals surface area contributed by atoms with Crippen LogP contribution in [-0.4, -0.2) is 54.5 Å². The highest BCUT2D eigenvalue weighted by Gasteiger charge is 2.60. The van der Waals surface area contributed by atoms with E-state index in [1.54, 1.807) is 0 Å². The summed E-state index contributed by atoms with van der Waals surface area (Å²) < 4.78 is 5.63. The molecule has 5 nitrogen and oxygen atoms in total. The van der Waals surface area contributed by atoms with Gasteiger partial charge in [-0.2, -0.15) is 0 Å². The maximum atomic E-state index is 14.1. The van der Waals surface area contributed by atoms with Crippen molar-refractivity contribution in [3.05, 3.63) is 29.3 Å². The minimum Gasteiger partial charge on any atom is -0.379 e. The number of carbonyl (C=O) groups excluding carboxylic acids is 1. The van der Waals surface area contributed by atoms with Crippen molar-refractivity contribution >= 4 is 29.0 Å². The maximum Gasteiger partial charge on any atom is 0.240 e. The second-order valence-corrected chi connectivity index (χ2v) is 9.96. The number of amidine groups is 1. The van der Waals surface area contributed by atoms with E-state index in [4.69, 9.17) is 21.3 Å². The molecule has 3 aliphatic rings. The first kappa shape index (κ1) is 20.8. The molecule has 6 heteroatoms. The number of anilines is 1. The molecule has 158 valence electrons. The van der Waals surface area contributed by atoms with Gasteiger partial charge in [-0.05, 0) is 57.9 Å². The average molecular weight is 418 g/mol. The lowest BCUT2D eigenvalue weighted by Gasteiger charge is -2.42. The van der Waals surface area contributed by atoms with Gasteiger partial charge in [-0.1, -0.05) is 30.9 Å². The van der Waals surface area contributed by atoms with Crippen molar-refractivity contribution in [2.45, 2.75) is 64.5 Å². The standard InChI is InChI=1S/C23H32ClN3O2/c1-22(2,3)25-20-19(26-13-15-29-16-14-26)23(11-5-4-6-12-23)21(28)27(20)18-9-7-17(24)8-10-18/h7-10,19H,4-6,11-16H2,1-3H3/t19-/m0/s1. The van der Waals surface area contributed by atoms with Gasteiger partial charge in [0.2, 0.25) is 5.91 Å². The van der Waals surface area contributed by atoms with Crippen molar-refractivity contribution in [1.82, 2.24) is 4.90 Å². The Bertz CT molecular complexity index is 772. The van der Waals surface area contributed by atoms with Crippen molar-refractivity contribution in [3.63, 3.8) is 0 Å². The molecule has 3 fully saturated rings. The highest BCUT2D eigenvalue weighted by Crippen LogP contribution is 2.49. The van der Waals surface area contributed by atoms with E-state index in [1.807, 2.05) is 29.2 Å². The Morgan fingerprint density at radius 3 is 2.28 bits per heavy atom. The third-order valence-electron chi connectivity index (χ3n) is 6.32. The van der Waals surface area contributed by atoms with Gasteiger partial charge in [-0.15, -0.1) is 0 Å². The first-order valence-corrected chi connectivity index (χ1v) is 11.2. The average Bonchev–Trinajstić information content (AvgIpc) is 2.90. The Labute approximate surface area is 179 Å². The van der Waals surface area contributed by atoms with E-state index in [9.17, 15) is 4.79 Å². The number of ether oxygens (including phenoxy) is 1. The van der Waals surface area contributed by atoms with Crippen LogP contribution in [0.15, 0.2) is 29.3 Å². The number of benzene rings is 1. The smallest absolute Gasteiger partial charge is 0.240 e. The van der Waals surface area contributed by atoms with Gasteiger partial charge in [-0.25, -0.2) is 0 Å². The molecule has 1 amide bonds. The molecule has 2 aliphatic heterocycles. The van der Waals surface area contributed by atoms with E-state index < -0.39 is 0 Å². The summed E-state index contributed by atoms with van der Waals surface area (Å²) >= 11 is 6.13. The number of amides is 1. The van der Waals surface area contributed by atoms with Crippen LogP contribution in [0.2, 0.25) is 5.02 Å². The lowest BCUT2D eigenvalue weighted by molar-refractivity contribution is -0.130. The lowest BCUT2D eigenvalue weighted by atomic mass is 9.69. The maximum absolute atomic E-state index is 14.1. The Kier molecular flexibility index (Phi) is 5.75. The molecule has 1 saturated carbocycles. The van der Waals surface area contributed by atoms with Gasteiger partial charge in [0, 0.05) is 18.1 Å². The fraction of sp³-hybridized carbons (Fsp3) is 0.652. The fourth-order valence-corrected chi connectivity index (χ4v) is 5.25. The molecule has 4 rings (SSSR count). The molecule has 2 heterocycles. The zero-order valence-corrected chi connectivity index (χ0v) is 18.5. The van der Waals surface area contributed by atoms with E-state index in [0.717, 1.165) is 50.3 Å². The summed E-state index contributed by atoms with van der Waals surface area (Å²) in [7, 11) is 0. The summed E-state index contributed by atoms with van der Waals surface area (Å²) in [6.45, 7) is 9.43. The topological polar surface area (TPSA) is 45.1 Å². The third-order valence-corrected chi connectivity index (χ3v) is 6.57. The van der Waals surface area contributed by atoms with Crippen LogP contribution in [-0.2, 0) is 9.53 Å². The van der Waals surface area contributed by atoms with Crippen LogP contribution >= 0.6 is 11.6 Å². The van der Waals surface area contributed by atoms with Crippen LogP contribution in [0.4, 0.5) is 5.69 Å². The number of hydrogen-bond donors (Lipinski definition) is 0. The lowest BCUT2D eigenvalue weighted by Crippen LogP contribution is -2.54. The van der Waals surface area contributed by atoms with Crippen molar-refractivity contribution in [2.24, 2.45) is 10.4 Å². The molecule has 0 aromatic heterocycles. The monoisotopic (exact) mass is 417 g/mol. The number of aliphatic imine (C=N–C) groups is 1. The zero-order valence-electron chi connectivity index (χ0n) is 17.8. The van der Waals surface area contributed by atoms with Crippen LogP contribution in [0.5, 0.6) is 0 Å². The minimum atomic E-state index is -0.390. The van der Waals surface area contributed by atoms with Crippen LogP contribution in [0.3, 0.4) is 0 Å². The second kappa shape index (κ2) is 8.01. The summed E-state index contributed by atoms with van der Waals surface area (Å²) in [6, 6.07) is 7.60. The summed E-state index contributed by atoms with van der Waals surface area (Å²) in [5.74, 6) is 1.10.